The molecule has 5 nitrogen and oxygen atoms in total. The summed E-state index contributed by atoms with van der Waals surface area (Å²) in [5.74, 6) is 0.154. The Labute approximate surface area is 110 Å². The zero-order chi connectivity index (χ0) is 13.3. The van der Waals surface area contributed by atoms with Gasteiger partial charge in [-0.25, -0.2) is 8.42 Å². The first kappa shape index (κ1) is 13.4. The van der Waals surface area contributed by atoms with Crippen molar-refractivity contribution in [3.8, 4) is 0 Å². The fourth-order valence-electron chi connectivity index (χ4n) is 1.63. The molecule has 0 saturated carbocycles. The molecular weight excluding hydrogens is 274 g/mol. The van der Waals surface area contributed by atoms with Crippen molar-refractivity contribution in [2.45, 2.75) is 11.0 Å². The Morgan fingerprint density at radius 2 is 2.17 bits per heavy atom. The third-order valence-corrected chi connectivity index (χ3v) is 4.75. The van der Waals surface area contributed by atoms with E-state index < -0.39 is 21.8 Å². The van der Waals surface area contributed by atoms with E-state index in [2.05, 4.69) is 5.32 Å². The van der Waals surface area contributed by atoms with E-state index in [0.29, 0.717) is 17.0 Å². The minimum atomic E-state index is -2.95. The lowest BCUT2D eigenvalue weighted by atomic mass is 10.1. The number of aliphatic hydroxyl groups excluding tert-OH is 1. The van der Waals surface area contributed by atoms with Gasteiger partial charge in [0, 0.05) is 28.2 Å². The van der Waals surface area contributed by atoms with Gasteiger partial charge in [0.15, 0.2) is 6.10 Å². The molecule has 1 heterocycles. The van der Waals surface area contributed by atoms with Crippen molar-refractivity contribution in [2.75, 3.05) is 23.1 Å². The molecule has 1 aliphatic heterocycles. The number of rotatable bonds is 4. The smallest absolute Gasteiger partial charge is 0.257 e. The first-order valence-electron chi connectivity index (χ1n) is 5.30. The second-order valence-electron chi connectivity index (χ2n) is 4.12. The maximum Gasteiger partial charge on any atom is 0.257 e. The zero-order valence-electron chi connectivity index (χ0n) is 9.71. The summed E-state index contributed by atoms with van der Waals surface area (Å²) < 4.78 is 22.0. The summed E-state index contributed by atoms with van der Waals surface area (Å²) in [6.45, 7) is 0. The number of sulfone groups is 1. The van der Waals surface area contributed by atoms with E-state index in [-0.39, 0.29) is 5.75 Å². The molecule has 7 heteroatoms. The molecule has 0 bridgehead atoms. The molecule has 98 valence electrons. The summed E-state index contributed by atoms with van der Waals surface area (Å²) in [5.41, 5.74) is 1.16. The Kier molecular flexibility index (Phi) is 3.65. The van der Waals surface area contributed by atoms with Gasteiger partial charge in [-0.3, -0.25) is 4.79 Å². The summed E-state index contributed by atoms with van der Waals surface area (Å²) in [6, 6.07) is 5.20. The van der Waals surface area contributed by atoms with Crippen molar-refractivity contribution in [1.29, 1.82) is 0 Å². The molecule has 1 unspecified atom stereocenters. The van der Waals surface area contributed by atoms with Crippen molar-refractivity contribution in [1.82, 2.24) is 0 Å². The number of anilines is 1. The molecule has 0 saturated heterocycles. The van der Waals surface area contributed by atoms with Gasteiger partial charge < -0.3 is 10.4 Å². The van der Waals surface area contributed by atoms with Gasteiger partial charge in [0.2, 0.25) is 0 Å². The predicted molar refractivity (Wildman–Crippen MR) is 70.5 cm³/mol. The molecule has 0 aromatic heterocycles. The number of amides is 1. The molecule has 1 aromatic rings. The average Bonchev–Trinajstić information content (AvgIpc) is 2.53. The van der Waals surface area contributed by atoms with Gasteiger partial charge in [-0.1, -0.05) is 6.07 Å². The number of benzene rings is 1. The maximum absolute atomic E-state index is 11.2. The van der Waals surface area contributed by atoms with E-state index in [4.69, 9.17) is 0 Å². The summed E-state index contributed by atoms with van der Waals surface area (Å²) in [6.07, 6.45) is 0.0994. The highest BCUT2D eigenvalue weighted by molar-refractivity contribution is 8.00. The quantitative estimate of drug-likeness (QED) is 0.801. The van der Waals surface area contributed by atoms with Crippen molar-refractivity contribution in [2.24, 2.45) is 0 Å². The number of fused-ring (bicyclic) bond motifs is 1. The van der Waals surface area contributed by atoms with Crippen LogP contribution in [-0.4, -0.2) is 37.2 Å². The number of carbonyl (C=O) groups excluding carboxylic acids is 1. The number of aliphatic hydroxyl groups is 1. The van der Waals surface area contributed by atoms with E-state index >= 15 is 0 Å². The van der Waals surface area contributed by atoms with Crippen LogP contribution in [0.5, 0.6) is 0 Å². The molecule has 2 rings (SSSR count). The van der Waals surface area contributed by atoms with Crippen LogP contribution < -0.4 is 5.32 Å². The topological polar surface area (TPSA) is 83.5 Å². The molecule has 1 atom stereocenters. The highest BCUT2D eigenvalue weighted by Gasteiger charge is 2.28. The molecular formula is C11H13NO4S2. The summed E-state index contributed by atoms with van der Waals surface area (Å²) >= 11 is 1.40. The lowest BCUT2D eigenvalue weighted by Gasteiger charge is -2.04. The lowest BCUT2D eigenvalue weighted by Crippen LogP contribution is -2.10. The number of carbonyl (C=O) groups is 1. The van der Waals surface area contributed by atoms with Crippen LogP contribution in [0.2, 0.25) is 0 Å². The third kappa shape index (κ3) is 3.04. The van der Waals surface area contributed by atoms with Gasteiger partial charge >= 0.3 is 0 Å². The minimum absolute atomic E-state index is 0.115. The van der Waals surface area contributed by atoms with Crippen molar-refractivity contribution < 1.29 is 18.3 Å². The van der Waals surface area contributed by atoms with E-state index in [0.717, 1.165) is 4.90 Å². The highest BCUT2D eigenvalue weighted by atomic mass is 32.2. The maximum atomic E-state index is 11.2. The fourth-order valence-corrected chi connectivity index (χ4v) is 3.77. The number of hydrogen-bond donors (Lipinski definition) is 2. The molecule has 1 amide bonds. The Morgan fingerprint density at radius 1 is 1.44 bits per heavy atom. The van der Waals surface area contributed by atoms with Crippen LogP contribution in [0.1, 0.15) is 11.7 Å². The van der Waals surface area contributed by atoms with Gasteiger partial charge in [0.1, 0.15) is 9.84 Å². The SMILES string of the molecule is CS(=O)(=O)CCSc1ccc2c(c1)NC(=O)C2O. The van der Waals surface area contributed by atoms with Gasteiger partial charge in [0.05, 0.1) is 5.75 Å². The standard InChI is InChI=1S/C11H13NO4S2/c1-18(15,16)5-4-17-7-2-3-8-9(6-7)12-11(14)10(8)13/h2-3,6,10,13H,4-5H2,1H3,(H,12,14). The summed E-state index contributed by atoms with van der Waals surface area (Å²) in [4.78, 5) is 12.1. The number of nitrogens with one attached hydrogen (secondary N) is 1. The minimum Gasteiger partial charge on any atom is -0.378 e. The monoisotopic (exact) mass is 287 g/mol. The molecule has 1 aliphatic rings. The Bertz CT molecular complexity index is 583. The molecule has 1 aromatic carbocycles. The second kappa shape index (κ2) is 4.91. The largest absolute Gasteiger partial charge is 0.378 e. The third-order valence-electron chi connectivity index (χ3n) is 2.55. The van der Waals surface area contributed by atoms with Crippen LogP contribution in [0.4, 0.5) is 5.69 Å². The van der Waals surface area contributed by atoms with Crippen LogP contribution in [-0.2, 0) is 14.6 Å². The van der Waals surface area contributed by atoms with E-state index in [1.165, 1.54) is 18.0 Å². The lowest BCUT2D eigenvalue weighted by molar-refractivity contribution is -0.123. The normalized spacial score (nSPS) is 18.6. The van der Waals surface area contributed by atoms with Crippen LogP contribution in [0.3, 0.4) is 0 Å². The first-order chi connectivity index (χ1) is 8.37. The molecule has 18 heavy (non-hydrogen) atoms. The van der Waals surface area contributed by atoms with Gasteiger partial charge in [0.25, 0.3) is 5.91 Å². The summed E-state index contributed by atoms with van der Waals surface area (Å²) in [5, 5.41) is 12.1. The first-order valence-corrected chi connectivity index (χ1v) is 8.35. The van der Waals surface area contributed by atoms with Crippen LogP contribution >= 0.6 is 11.8 Å². The predicted octanol–water partition coefficient (Wildman–Crippen LogP) is 0.809. The van der Waals surface area contributed by atoms with E-state index in [1.807, 2.05) is 0 Å². The van der Waals surface area contributed by atoms with Crippen molar-refractivity contribution in [3.05, 3.63) is 23.8 Å². The Hall–Kier alpha value is -1.05. The number of thioether (sulfide) groups is 1. The van der Waals surface area contributed by atoms with Crippen LogP contribution in [0.15, 0.2) is 23.1 Å². The zero-order valence-corrected chi connectivity index (χ0v) is 11.3. The molecule has 0 spiro atoms. The molecule has 0 fully saturated rings. The summed E-state index contributed by atoms with van der Waals surface area (Å²) in [7, 11) is -2.95. The van der Waals surface area contributed by atoms with E-state index in [9.17, 15) is 18.3 Å². The van der Waals surface area contributed by atoms with Crippen LogP contribution in [0.25, 0.3) is 0 Å². The van der Waals surface area contributed by atoms with Crippen LogP contribution in [0, 0.1) is 0 Å². The number of hydrogen-bond acceptors (Lipinski definition) is 5. The Balaban J connectivity index is 2.05. The van der Waals surface area contributed by atoms with Crippen molar-refractivity contribution in [3.63, 3.8) is 0 Å². The fraction of sp³-hybridized carbons (Fsp3) is 0.364. The second-order valence-corrected chi connectivity index (χ2v) is 7.55. The van der Waals surface area contributed by atoms with Gasteiger partial charge in [-0.15, -0.1) is 11.8 Å². The van der Waals surface area contributed by atoms with Crippen molar-refractivity contribution >= 4 is 33.2 Å². The molecule has 0 aliphatic carbocycles. The highest BCUT2D eigenvalue weighted by Crippen LogP contribution is 2.33. The van der Waals surface area contributed by atoms with E-state index in [1.54, 1.807) is 18.2 Å². The molecule has 2 N–H and O–H groups in total. The molecule has 0 radical (unpaired) electrons. The van der Waals surface area contributed by atoms with Gasteiger partial charge in [-0.2, -0.15) is 0 Å². The average molecular weight is 287 g/mol. The Morgan fingerprint density at radius 3 is 2.83 bits per heavy atom. The van der Waals surface area contributed by atoms with Gasteiger partial charge in [-0.05, 0) is 12.1 Å².